The van der Waals surface area contributed by atoms with Crippen molar-refractivity contribution >= 4 is 55.8 Å². The van der Waals surface area contributed by atoms with E-state index < -0.39 is 32.9 Å². The molecule has 5 rings (SSSR count). The van der Waals surface area contributed by atoms with E-state index in [1.165, 1.54) is 24.3 Å². The third kappa shape index (κ3) is 5.54. The number of benzene rings is 3. The van der Waals surface area contributed by atoms with Gasteiger partial charge in [0.15, 0.2) is 5.82 Å². The molecular formula is C26H22Cl2F2N4O3S. The molecule has 12 heteroatoms. The van der Waals surface area contributed by atoms with E-state index in [9.17, 15) is 17.9 Å². The Balaban J connectivity index is 1.44. The number of nitrogens with zero attached hydrogens (tertiary/aromatic N) is 2. The molecule has 0 saturated heterocycles. The van der Waals surface area contributed by atoms with Gasteiger partial charge >= 0.3 is 0 Å². The number of aliphatic hydroxyl groups excluding tert-OH is 1. The van der Waals surface area contributed by atoms with Gasteiger partial charge < -0.3 is 10.4 Å². The number of sulfonamides is 1. The molecule has 3 N–H and O–H groups in total. The minimum atomic E-state index is -4.33. The molecule has 1 fully saturated rings. The van der Waals surface area contributed by atoms with Crippen molar-refractivity contribution in [2.45, 2.75) is 42.7 Å². The second kappa shape index (κ2) is 10.6. The number of rotatable bonds is 6. The first-order valence-corrected chi connectivity index (χ1v) is 14.0. The molecule has 0 aliphatic heterocycles. The van der Waals surface area contributed by atoms with E-state index in [4.69, 9.17) is 23.2 Å². The molecule has 38 heavy (non-hydrogen) atoms. The van der Waals surface area contributed by atoms with E-state index in [1.807, 2.05) is 0 Å². The summed E-state index contributed by atoms with van der Waals surface area (Å²) in [5, 5.41) is 13.5. The summed E-state index contributed by atoms with van der Waals surface area (Å²) in [6.45, 7) is 0. The lowest BCUT2D eigenvalue weighted by molar-refractivity contribution is 0.126. The number of nitrogens with one attached hydrogen (secondary N) is 2. The van der Waals surface area contributed by atoms with Crippen molar-refractivity contribution in [3.05, 3.63) is 76.4 Å². The first-order valence-electron chi connectivity index (χ1n) is 11.8. The summed E-state index contributed by atoms with van der Waals surface area (Å²) in [7, 11) is -4.33. The van der Waals surface area contributed by atoms with Gasteiger partial charge in [0.25, 0.3) is 10.0 Å². The Bertz CT molecular complexity index is 1630. The van der Waals surface area contributed by atoms with Gasteiger partial charge in [-0.3, -0.25) is 4.72 Å². The average Bonchev–Trinajstić information content (AvgIpc) is 2.88. The number of anilines is 2. The van der Waals surface area contributed by atoms with Gasteiger partial charge in [0, 0.05) is 22.6 Å². The van der Waals surface area contributed by atoms with Crippen LogP contribution in [0.25, 0.3) is 22.0 Å². The van der Waals surface area contributed by atoms with Crippen LogP contribution in [-0.2, 0) is 10.0 Å². The molecule has 7 nitrogen and oxygen atoms in total. The van der Waals surface area contributed by atoms with Crippen molar-refractivity contribution in [2.24, 2.45) is 0 Å². The first-order chi connectivity index (χ1) is 18.1. The molecular weight excluding hydrogens is 557 g/mol. The summed E-state index contributed by atoms with van der Waals surface area (Å²) in [5.41, 5.74) is -0.117. The zero-order valence-corrected chi connectivity index (χ0v) is 22.1. The third-order valence-corrected chi connectivity index (χ3v) is 8.50. The highest BCUT2D eigenvalue weighted by Crippen LogP contribution is 2.34. The predicted molar refractivity (Wildman–Crippen MR) is 144 cm³/mol. The van der Waals surface area contributed by atoms with Crippen LogP contribution in [0.15, 0.2) is 59.6 Å². The number of hydrogen-bond acceptors (Lipinski definition) is 6. The molecule has 1 heterocycles. The number of hydrogen-bond donors (Lipinski definition) is 3. The molecule has 1 aromatic heterocycles. The Labute approximate surface area is 227 Å². The van der Waals surface area contributed by atoms with Crippen molar-refractivity contribution in [1.82, 2.24) is 9.97 Å². The van der Waals surface area contributed by atoms with Gasteiger partial charge in [0.1, 0.15) is 10.7 Å². The molecule has 3 aromatic carbocycles. The minimum absolute atomic E-state index is 0.103. The lowest BCUT2D eigenvalue weighted by atomic mass is 9.93. The van der Waals surface area contributed by atoms with E-state index in [0.29, 0.717) is 29.7 Å². The van der Waals surface area contributed by atoms with Gasteiger partial charge in [0.2, 0.25) is 5.95 Å². The minimum Gasteiger partial charge on any atom is -0.393 e. The van der Waals surface area contributed by atoms with E-state index in [2.05, 4.69) is 20.0 Å². The van der Waals surface area contributed by atoms with Crippen molar-refractivity contribution in [1.29, 1.82) is 0 Å². The van der Waals surface area contributed by atoms with Crippen molar-refractivity contribution in [3.63, 3.8) is 0 Å². The summed E-state index contributed by atoms with van der Waals surface area (Å²) in [5.74, 6) is -1.53. The number of aromatic nitrogens is 2. The van der Waals surface area contributed by atoms with Crippen molar-refractivity contribution < 1.29 is 22.3 Å². The maximum atomic E-state index is 15.5. The van der Waals surface area contributed by atoms with Crippen LogP contribution in [0.3, 0.4) is 0 Å². The number of halogens is 4. The van der Waals surface area contributed by atoms with Crippen LogP contribution in [0.4, 0.5) is 20.4 Å². The van der Waals surface area contributed by atoms with E-state index in [1.54, 1.807) is 12.3 Å². The second-order valence-corrected chi connectivity index (χ2v) is 11.6. The zero-order chi connectivity index (χ0) is 27.0. The molecule has 1 saturated carbocycles. The van der Waals surface area contributed by atoms with Crippen LogP contribution in [0, 0.1) is 11.6 Å². The van der Waals surface area contributed by atoms with Crippen LogP contribution in [0.5, 0.6) is 0 Å². The Hall–Kier alpha value is -3.05. The van der Waals surface area contributed by atoms with Crippen LogP contribution in [0.1, 0.15) is 25.7 Å². The summed E-state index contributed by atoms with van der Waals surface area (Å²) < 4.78 is 58.2. The lowest BCUT2D eigenvalue weighted by Crippen LogP contribution is -2.28. The van der Waals surface area contributed by atoms with Crippen LogP contribution < -0.4 is 10.0 Å². The molecule has 1 aliphatic carbocycles. The Morgan fingerprint density at radius 3 is 2.50 bits per heavy atom. The maximum absolute atomic E-state index is 15.5. The summed E-state index contributed by atoms with van der Waals surface area (Å²) >= 11 is 11.9. The molecule has 0 unspecified atom stereocenters. The monoisotopic (exact) mass is 578 g/mol. The highest BCUT2D eigenvalue weighted by Gasteiger charge is 2.24. The lowest BCUT2D eigenvalue weighted by Gasteiger charge is -2.26. The molecule has 0 spiro atoms. The van der Waals surface area contributed by atoms with Gasteiger partial charge in [-0.25, -0.2) is 27.2 Å². The van der Waals surface area contributed by atoms with Gasteiger partial charge in [-0.15, -0.1) is 0 Å². The molecule has 0 atom stereocenters. The van der Waals surface area contributed by atoms with Crippen LogP contribution >= 0.6 is 23.2 Å². The van der Waals surface area contributed by atoms with E-state index >= 15 is 4.39 Å². The normalized spacial score (nSPS) is 17.9. The highest BCUT2D eigenvalue weighted by atomic mass is 35.5. The summed E-state index contributed by atoms with van der Waals surface area (Å²) in [4.78, 5) is 8.48. The molecule has 0 radical (unpaired) electrons. The van der Waals surface area contributed by atoms with Crippen molar-refractivity contribution in [3.8, 4) is 11.1 Å². The predicted octanol–water partition coefficient (Wildman–Crippen LogP) is 6.40. The number of aliphatic hydroxyl groups is 1. The standard InChI is InChI=1S/C26H22Cl2F2N4O3S/c27-16-2-7-19(28)23(12-16)38(36,37)34-22-10-8-20(29)24(25(22)30)14-1-9-21-15(11-14)13-31-26(33-21)32-17-3-5-18(35)6-4-17/h1-2,7-13,17-18,34-35H,3-6H2,(H,31,32,33)/t17-,18-. The topological polar surface area (TPSA) is 104 Å². The van der Waals surface area contributed by atoms with Crippen molar-refractivity contribution in [2.75, 3.05) is 10.0 Å². The van der Waals surface area contributed by atoms with Gasteiger partial charge in [-0.2, -0.15) is 0 Å². The largest absolute Gasteiger partial charge is 0.393 e. The molecule has 0 bridgehead atoms. The maximum Gasteiger partial charge on any atom is 0.263 e. The molecule has 4 aromatic rings. The fourth-order valence-corrected chi connectivity index (χ4v) is 6.26. The Kier molecular flexibility index (Phi) is 7.41. The SMILES string of the molecule is O=S(=O)(Nc1ccc(F)c(-c2ccc3nc(N[C@H]4CC[C@H](O)CC4)ncc3c2)c1F)c1cc(Cl)ccc1Cl. The zero-order valence-electron chi connectivity index (χ0n) is 19.8. The molecule has 1 aliphatic rings. The average molecular weight is 579 g/mol. The van der Waals surface area contributed by atoms with E-state index in [0.717, 1.165) is 31.0 Å². The van der Waals surface area contributed by atoms with Crippen LogP contribution in [0.2, 0.25) is 10.0 Å². The first kappa shape index (κ1) is 26.6. The number of fused-ring (bicyclic) bond motifs is 1. The summed E-state index contributed by atoms with van der Waals surface area (Å²) in [6, 6.07) is 10.6. The van der Waals surface area contributed by atoms with Gasteiger partial charge in [-0.05, 0) is 73.7 Å². The van der Waals surface area contributed by atoms with E-state index in [-0.39, 0.29) is 32.7 Å². The van der Waals surface area contributed by atoms with Gasteiger partial charge in [-0.1, -0.05) is 29.3 Å². The second-order valence-electron chi connectivity index (χ2n) is 9.08. The quantitative estimate of drug-likeness (QED) is 0.244. The van der Waals surface area contributed by atoms with Crippen LogP contribution in [-0.4, -0.2) is 35.6 Å². The fraction of sp³-hybridized carbons (Fsp3) is 0.231. The summed E-state index contributed by atoms with van der Waals surface area (Å²) in [6.07, 6.45) is 4.33. The Morgan fingerprint density at radius 2 is 1.74 bits per heavy atom. The fourth-order valence-electron chi connectivity index (χ4n) is 4.44. The third-order valence-electron chi connectivity index (χ3n) is 6.42. The highest BCUT2D eigenvalue weighted by molar-refractivity contribution is 7.92. The van der Waals surface area contributed by atoms with Gasteiger partial charge in [0.05, 0.1) is 27.9 Å². The smallest absolute Gasteiger partial charge is 0.263 e. The molecule has 0 amide bonds. The molecule has 198 valence electrons. The Morgan fingerprint density at radius 1 is 0.974 bits per heavy atom.